The summed E-state index contributed by atoms with van der Waals surface area (Å²) >= 11 is 0. The second-order valence-corrected chi connectivity index (χ2v) is 5.67. The molecular formula is C22H17F3O2S. The highest BCUT2D eigenvalue weighted by molar-refractivity contribution is 7.59. The lowest BCUT2D eigenvalue weighted by Crippen LogP contribution is -1.94. The van der Waals surface area contributed by atoms with Crippen molar-refractivity contribution in [2.75, 3.05) is 0 Å². The van der Waals surface area contributed by atoms with Gasteiger partial charge in [-0.2, -0.15) is 26.7 Å². The van der Waals surface area contributed by atoms with Crippen molar-refractivity contribution in [2.24, 2.45) is 0 Å². The maximum atomic E-state index is 11.5. The van der Waals surface area contributed by atoms with Crippen LogP contribution in [0.1, 0.15) is 0 Å². The first-order valence-corrected chi connectivity index (χ1v) is 8.15. The first-order chi connectivity index (χ1) is 13.0. The van der Waals surface area contributed by atoms with Crippen molar-refractivity contribution in [1.82, 2.24) is 0 Å². The molecular weight excluding hydrogens is 385 g/mol. The molecule has 0 amide bonds. The maximum Gasteiger partial charge on any atom is 0.379 e. The Bertz CT molecular complexity index is 1090. The molecule has 0 bridgehead atoms. The third-order valence-corrected chi connectivity index (χ3v) is 3.95. The van der Waals surface area contributed by atoms with Crippen LogP contribution in [-0.4, -0.2) is 6.68 Å². The largest absolute Gasteiger partial charge is 0.423 e. The highest BCUT2D eigenvalue weighted by Crippen LogP contribution is 2.33. The van der Waals surface area contributed by atoms with E-state index in [1.165, 1.54) is 6.07 Å². The Kier molecular flexibility index (Phi) is 7.46. The van der Waals surface area contributed by atoms with Gasteiger partial charge in [0.1, 0.15) is 5.58 Å². The van der Waals surface area contributed by atoms with Crippen molar-refractivity contribution < 1.29 is 17.6 Å². The zero-order valence-corrected chi connectivity index (χ0v) is 15.6. The number of benzene rings is 3. The summed E-state index contributed by atoms with van der Waals surface area (Å²) in [7, 11) is 0. The maximum absolute atomic E-state index is 11.5. The van der Waals surface area contributed by atoms with Gasteiger partial charge in [-0.05, 0) is 34.4 Å². The Hall–Kier alpha value is -2.99. The van der Waals surface area contributed by atoms with Gasteiger partial charge in [-0.15, -0.1) is 0 Å². The molecule has 0 atom stereocenters. The molecule has 0 spiro atoms. The number of fused-ring (bicyclic) bond motifs is 1. The molecule has 28 heavy (non-hydrogen) atoms. The van der Waals surface area contributed by atoms with E-state index in [4.69, 9.17) is 4.42 Å². The summed E-state index contributed by atoms with van der Waals surface area (Å²) in [5, 5.41) is 0.922. The molecule has 0 N–H and O–H groups in total. The summed E-state index contributed by atoms with van der Waals surface area (Å²) in [6, 6.07) is 27.7. The van der Waals surface area contributed by atoms with Crippen LogP contribution in [0.25, 0.3) is 33.2 Å². The van der Waals surface area contributed by atoms with E-state index in [0.717, 1.165) is 27.6 Å². The van der Waals surface area contributed by atoms with Gasteiger partial charge in [0.15, 0.2) is 0 Å². The number of rotatable bonds is 2. The molecule has 144 valence electrons. The van der Waals surface area contributed by atoms with Gasteiger partial charge in [0.25, 0.3) is 0 Å². The molecule has 0 saturated heterocycles. The zero-order valence-electron chi connectivity index (χ0n) is 14.6. The van der Waals surface area contributed by atoms with E-state index in [1.54, 1.807) is 6.07 Å². The van der Waals surface area contributed by atoms with Crippen LogP contribution in [0.15, 0.2) is 94.1 Å². The molecule has 4 aromatic rings. The quantitative estimate of drug-likeness (QED) is 0.362. The van der Waals surface area contributed by atoms with Gasteiger partial charge >= 0.3 is 12.3 Å². The highest BCUT2D eigenvalue weighted by Gasteiger charge is 2.08. The summed E-state index contributed by atoms with van der Waals surface area (Å²) in [6.45, 7) is -3.67. The Labute approximate surface area is 166 Å². The Balaban J connectivity index is 0.000000515. The van der Waals surface area contributed by atoms with Crippen molar-refractivity contribution in [3.05, 3.63) is 95.3 Å². The summed E-state index contributed by atoms with van der Waals surface area (Å²) in [6.07, 6.45) is 0. The third kappa shape index (κ3) is 5.27. The van der Waals surface area contributed by atoms with Crippen molar-refractivity contribution in [1.29, 1.82) is 0 Å². The van der Waals surface area contributed by atoms with Crippen molar-refractivity contribution >= 4 is 24.5 Å². The molecule has 4 rings (SSSR count). The van der Waals surface area contributed by atoms with Crippen LogP contribution in [0.4, 0.5) is 13.2 Å². The van der Waals surface area contributed by atoms with Gasteiger partial charge in [0, 0.05) is 11.5 Å². The fourth-order valence-corrected chi connectivity index (χ4v) is 2.83. The van der Waals surface area contributed by atoms with Gasteiger partial charge in [0.05, 0.1) is 0 Å². The first-order valence-electron chi connectivity index (χ1n) is 8.15. The molecule has 3 aromatic carbocycles. The molecule has 1 aromatic heterocycles. The van der Waals surface area contributed by atoms with Gasteiger partial charge in [-0.25, -0.2) is 4.79 Å². The van der Waals surface area contributed by atoms with Crippen LogP contribution in [0.3, 0.4) is 0 Å². The van der Waals surface area contributed by atoms with Gasteiger partial charge in [-0.3, -0.25) is 0 Å². The van der Waals surface area contributed by atoms with E-state index < -0.39 is 6.68 Å². The second-order valence-electron chi connectivity index (χ2n) is 5.67. The minimum Gasteiger partial charge on any atom is -0.423 e. The van der Waals surface area contributed by atoms with Crippen LogP contribution in [-0.2, 0) is 0 Å². The molecule has 0 aliphatic rings. The van der Waals surface area contributed by atoms with E-state index in [2.05, 4.69) is 30.3 Å². The molecule has 1 heterocycles. The molecule has 0 saturated carbocycles. The monoisotopic (exact) mass is 402 g/mol. The standard InChI is InChI=1S/C21H14O2.CHF3.H2S/c22-21-13-12-16-10-11-17(14-20(16)23-21)19-9-5-4-8-18(19)15-6-2-1-3-7-15;2-1(3)4;/h1-14H;1H;1H2. The summed E-state index contributed by atoms with van der Waals surface area (Å²) in [5.74, 6) is 0. The van der Waals surface area contributed by atoms with Gasteiger partial charge in [0.2, 0.25) is 0 Å². The SMILES string of the molecule is FC(F)F.O=c1ccc2ccc(-c3ccccc3-c3ccccc3)cc2o1.S. The van der Waals surface area contributed by atoms with E-state index >= 15 is 0 Å². The normalized spacial score (nSPS) is 10.1. The molecule has 0 fully saturated rings. The fourth-order valence-electron chi connectivity index (χ4n) is 2.83. The Morgan fingerprint density at radius 2 is 1.21 bits per heavy atom. The third-order valence-electron chi connectivity index (χ3n) is 3.95. The second kappa shape index (κ2) is 9.80. The molecule has 6 heteroatoms. The van der Waals surface area contributed by atoms with Crippen LogP contribution in [0, 0.1) is 0 Å². The topological polar surface area (TPSA) is 30.2 Å². The average molecular weight is 402 g/mol. The number of alkyl halides is 3. The number of hydrogen-bond acceptors (Lipinski definition) is 2. The van der Waals surface area contributed by atoms with E-state index in [0.29, 0.717) is 5.58 Å². The van der Waals surface area contributed by atoms with Crippen LogP contribution < -0.4 is 5.63 Å². The lowest BCUT2D eigenvalue weighted by atomic mass is 9.94. The summed E-state index contributed by atoms with van der Waals surface area (Å²) < 4.78 is 34.3. The predicted octanol–water partition coefficient (Wildman–Crippen LogP) is 6.42. The summed E-state index contributed by atoms with van der Waals surface area (Å²) in [4.78, 5) is 11.5. The molecule has 2 nitrogen and oxygen atoms in total. The molecule has 0 unspecified atom stereocenters. The summed E-state index contributed by atoms with van der Waals surface area (Å²) in [5.41, 5.74) is 4.76. The van der Waals surface area contributed by atoms with Gasteiger partial charge < -0.3 is 4.42 Å². The van der Waals surface area contributed by atoms with Crippen LogP contribution >= 0.6 is 13.5 Å². The van der Waals surface area contributed by atoms with Crippen molar-refractivity contribution in [3.8, 4) is 22.3 Å². The van der Waals surface area contributed by atoms with Crippen LogP contribution in [0.5, 0.6) is 0 Å². The minimum atomic E-state index is -3.67. The molecule has 0 aliphatic carbocycles. The highest BCUT2D eigenvalue weighted by atomic mass is 32.1. The first kappa shape index (κ1) is 21.3. The van der Waals surface area contributed by atoms with Crippen molar-refractivity contribution in [3.63, 3.8) is 0 Å². The van der Waals surface area contributed by atoms with E-state index in [-0.39, 0.29) is 19.1 Å². The Morgan fingerprint density at radius 3 is 1.86 bits per heavy atom. The molecule has 0 radical (unpaired) electrons. The number of halogens is 3. The van der Waals surface area contributed by atoms with Crippen LogP contribution in [0.2, 0.25) is 0 Å². The average Bonchev–Trinajstić information content (AvgIpc) is 2.67. The minimum absolute atomic E-state index is 0. The lowest BCUT2D eigenvalue weighted by molar-refractivity contribution is 0.00819. The van der Waals surface area contributed by atoms with E-state index in [1.807, 2.05) is 42.5 Å². The number of hydrogen-bond donors (Lipinski definition) is 0. The molecule has 0 aliphatic heterocycles. The van der Waals surface area contributed by atoms with Gasteiger partial charge in [-0.1, -0.05) is 66.7 Å². The smallest absolute Gasteiger partial charge is 0.379 e. The van der Waals surface area contributed by atoms with Crippen molar-refractivity contribution in [2.45, 2.75) is 6.68 Å². The fraction of sp³-hybridized carbons (Fsp3) is 0.0455. The lowest BCUT2D eigenvalue weighted by Gasteiger charge is -2.10. The predicted molar refractivity (Wildman–Crippen MR) is 111 cm³/mol. The Morgan fingerprint density at radius 1 is 0.679 bits per heavy atom. The zero-order chi connectivity index (χ0) is 19.2. The van der Waals surface area contributed by atoms with E-state index in [9.17, 15) is 18.0 Å².